The molecule has 88 valence electrons. The molecule has 0 N–H and O–H groups in total. The van der Waals surface area contributed by atoms with Crippen LogP contribution in [0, 0.1) is 18.7 Å². The number of piperidine rings is 1. The van der Waals surface area contributed by atoms with E-state index in [1.807, 2.05) is 13.0 Å². The smallest absolute Gasteiger partial charge is 0.123 e. The molecule has 2 heteroatoms. The van der Waals surface area contributed by atoms with Crippen LogP contribution in [0.25, 0.3) is 0 Å². The minimum Gasteiger partial charge on any atom is -0.306 e. The van der Waals surface area contributed by atoms with Crippen LogP contribution in [-0.2, 0) is 6.42 Å². The van der Waals surface area contributed by atoms with E-state index in [9.17, 15) is 4.39 Å². The highest BCUT2D eigenvalue weighted by Gasteiger charge is 2.17. The lowest BCUT2D eigenvalue weighted by Crippen LogP contribution is -2.31. The average Bonchev–Trinajstić information content (AvgIpc) is 2.25. The molecule has 1 nitrogen and oxygen atoms in total. The van der Waals surface area contributed by atoms with E-state index in [-0.39, 0.29) is 5.82 Å². The summed E-state index contributed by atoms with van der Waals surface area (Å²) >= 11 is 0. The van der Waals surface area contributed by atoms with Gasteiger partial charge in [0, 0.05) is 0 Å². The van der Waals surface area contributed by atoms with Crippen molar-refractivity contribution in [3.63, 3.8) is 0 Å². The molecule has 0 saturated carbocycles. The van der Waals surface area contributed by atoms with Gasteiger partial charge in [0.05, 0.1) is 0 Å². The first kappa shape index (κ1) is 11.6. The van der Waals surface area contributed by atoms with E-state index in [4.69, 9.17) is 0 Å². The summed E-state index contributed by atoms with van der Waals surface area (Å²) in [5.74, 6) is 0.657. The maximum absolute atomic E-state index is 13.0. The van der Waals surface area contributed by atoms with Gasteiger partial charge in [-0.25, -0.2) is 4.39 Å². The molecule has 2 rings (SSSR count). The van der Waals surface area contributed by atoms with Crippen LogP contribution in [0.4, 0.5) is 4.39 Å². The van der Waals surface area contributed by atoms with Gasteiger partial charge in [-0.2, -0.15) is 0 Å². The van der Waals surface area contributed by atoms with Crippen LogP contribution in [0.3, 0.4) is 0 Å². The SMILES string of the molecule is Cc1cc(F)ccc1CC1CCN(C)CC1. The number of benzene rings is 1. The summed E-state index contributed by atoms with van der Waals surface area (Å²) in [5, 5.41) is 0. The number of hydrogen-bond donors (Lipinski definition) is 0. The Balaban J connectivity index is 1.98. The normalized spacial score (nSPS) is 18.9. The number of nitrogens with zero attached hydrogens (tertiary/aromatic N) is 1. The van der Waals surface area contributed by atoms with Gasteiger partial charge in [0.25, 0.3) is 0 Å². The zero-order chi connectivity index (χ0) is 11.5. The third-order valence-electron chi connectivity index (χ3n) is 3.65. The third-order valence-corrected chi connectivity index (χ3v) is 3.65. The van der Waals surface area contributed by atoms with Crippen LogP contribution in [-0.4, -0.2) is 25.0 Å². The van der Waals surface area contributed by atoms with E-state index in [1.165, 1.54) is 31.5 Å². The van der Waals surface area contributed by atoms with Crippen molar-refractivity contribution in [2.45, 2.75) is 26.2 Å². The lowest BCUT2D eigenvalue weighted by molar-refractivity contribution is 0.219. The molecule has 1 aliphatic heterocycles. The first-order chi connectivity index (χ1) is 7.65. The van der Waals surface area contributed by atoms with Gasteiger partial charge in [0.2, 0.25) is 0 Å². The lowest BCUT2D eigenvalue weighted by Gasteiger charge is -2.29. The molecule has 1 heterocycles. The van der Waals surface area contributed by atoms with Gasteiger partial charge in [0.1, 0.15) is 5.82 Å². The number of likely N-dealkylation sites (tertiary alicyclic amines) is 1. The lowest BCUT2D eigenvalue weighted by atomic mass is 9.89. The Hall–Kier alpha value is -0.890. The third kappa shape index (κ3) is 2.82. The van der Waals surface area contributed by atoms with Crippen molar-refractivity contribution in [2.75, 3.05) is 20.1 Å². The van der Waals surface area contributed by atoms with Crippen molar-refractivity contribution in [3.05, 3.63) is 35.1 Å². The molecule has 0 atom stereocenters. The molecule has 0 aliphatic carbocycles. The van der Waals surface area contributed by atoms with Gasteiger partial charge in [-0.15, -0.1) is 0 Å². The van der Waals surface area contributed by atoms with Crippen LogP contribution < -0.4 is 0 Å². The number of aryl methyl sites for hydroxylation is 1. The largest absolute Gasteiger partial charge is 0.306 e. The van der Waals surface area contributed by atoms with Crippen molar-refractivity contribution in [3.8, 4) is 0 Å². The second-order valence-corrected chi connectivity index (χ2v) is 5.02. The van der Waals surface area contributed by atoms with Crippen LogP contribution in [0.2, 0.25) is 0 Å². The second kappa shape index (κ2) is 4.96. The van der Waals surface area contributed by atoms with E-state index in [0.717, 1.165) is 17.9 Å². The summed E-state index contributed by atoms with van der Waals surface area (Å²) in [7, 11) is 2.18. The predicted octanol–water partition coefficient (Wildman–Crippen LogP) is 3.02. The maximum Gasteiger partial charge on any atom is 0.123 e. The second-order valence-electron chi connectivity index (χ2n) is 5.02. The molecule has 0 amide bonds. The average molecular weight is 221 g/mol. The first-order valence-corrected chi connectivity index (χ1v) is 6.08. The standard InChI is InChI=1S/C14H20FN/c1-11-9-14(15)4-3-13(11)10-12-5-7-16(2)8-6-12/h3-4,9,12H,5-8,10H2,1-2H3. The molecule has 1 aliphatic rings. The van der Waals surface area contributed by atoms with Gasteiger partial charge in [0.15, 0.2) is 0 Å². The molecule has 1 saturated heterocycles. The first-order valence-electron chi connectivity index (χ1n) is 6.08. The predicted molar refractivity (Wildman–Crippen MR) is 65.1 cm³/mol. The van der Waals surface area contributed by atoms with E-state index in [1.54, 1.807) is 12.1 Å². The Bertz CT molecular complexity index is 354. The maximum atomic E-state index is 13.0. The van der Waals surface area contributed by atoms with Crippen LogP contribution in [0.5, 0.6) is 0 Å². The summed E-state index contributed by atoms with van der Waals surface area (Å²) in [4.78, 5) is 2.38. The molecule has 0 radical (unpaired) electrons. The Morgan fingerprint density at radius 1 is 1.31 bits per heavy atom. The van der Waals surface area contributed by atoms with Crippen molar-refractivity contribution in [2.24, 2.45) is 5.92 Å². The fraction of sp³-hybridized carbons (Fsp3) is 0.571. The Labute approximate surface area is 97.3 Å². The zero-order valence-electron chi connectivity index (χ0n) is 10.2. The molecular formula is C14H20FN. The minimum absolute atomic E-state index is 0.121. The molecule has 0 bridgehead atoms. The highest BCUT2D eigenvalue weighted by molar-refractivity contribution is 5.27. The van der Waals surface area contributed by atoms with Crippen molar-refractivity contribution in [1.29, 1.82) is 0 Å². The Morgan fingerprint density at radius 2 is 2.00 bits per heavy atom. The summed E-state index contributed by atoms with van der Waals surface area (Å²) in [6.45, 7) is 4.41. The van der Waals surface area contributed by atoms with Gasteiger partial charge in [-0.1, -0.05) is 6.07 Å². The topological polar surface area (TPSA) is 3.24 Å². The van der Waals surface area contributed by atoms with E-state index in [2.05, 4.69) is 11.9 Å². The summed E-state index contributed by atoms with van der Waals surface area (Å²) in [5.41, 5.74) is 2.41. The molecule has 1 aromatic carbocycles. The Morgan fingerprint density at radius 3 is 2.62 bits per heavy atom. The van der Waals surface area contributed by atoms with Crippen molar-refractivity contribution >= 4 is 0 Å². The summed E-state index contributed by atoms with van der Waals surface area (Å²) in [6.07, 6.45) is 3.65. The van der Waals surface area contributed by atoms with Crippen molar-refractivity contribution < 1.29 is 4.39 Å². The number of hydrogen-bond acceptors (Lipinski definition) is 1. The molecule has 0 unspecified atom stereocenters. The molecule has 1 aromatic rings. The molecule has 16 heavy (non-hydrogen) atoms. The van der Waals surface area contributed by atoms with Gasteiger partial charge in [-0.05, 0) is 75.5 Å². The minimum atomic E-state index is -0.121. The monoisotopic (exact) mass is 221 g/mol. The van der Waals surface area contributed by atoms with E-state index < -0.39 is 0 Å². The molecular weight excluding hydrogens is 201 g/mol. The van der Waals surface area contributed by atoms with E-state index in [0.29, 0.717) is 0 Å². The molecule has 1 fully saturated rings. The molecule has 0 spiro atoms. The van der Waals surface area contributed by atoms with Crippen molar-refractivity contribution in [1.82, 2.24) is 4.90 Å². The Kier molecular flexibility index (Phi) is 3.59. The number of rotatable bonds is 2. The van der Waals surface area contributed by atoms with Gasteiger partial charge >= 0.3 is 0 Å². The highest BCUT2D eigenvalue weighted by Crippen LogP contribution is 2.22. The van der Waals surface area contributed by atoms with E-state index >= 15 is 0 Å². The van der Waals surface area contributed by atoms with Crippen LogP contribution in [0.1, 0.15) is 24.0 Å². The zero-order valence-corrected chi connectivity index (χ0v) is 10.2. The fourth-order valence-electron chi connectivity index (χ4n) is 2.47. The van der Waals surface area contributed by atoms with Gasteiger partial charge in [-0.3, -0.25) is 0 Å². The number of halogens is 1. The van der Waals surface area contributed by atoms with Crippen LogP contribution >= 0.6 is 0 Å². The summed E-state index contributed by atoms with van der Waals surface area (Å²) < 4.78 is 13.0. The van der Waals surface area contributed by atoms with Gasteiger partial charge < -0.3 is 4.90 Å². The highest BCUT2D eigenvalue weighted by atomic mass is 19.1. The fourth-order valence-corrected chi connectivity index (χ4v) is 2.47. The quantitative estimate of drug-likeness (QED) is 0.742. The summed E-state index contributed by atoms with van der Waals surface area (Å²) in [6, 6.07) is 5.17. The molecule has 0 aromatic heterocycles. The van der Waals surface area contributed by atoms with Crippen LogP contribution in [0.15, 0.2) is 18.2 Å².